The molecule has 0 atom stereocenters. The molecule has 0 spiro atoms. The van der Waals surface area contributed by atoms with Crippen molar-refractivity contribution in [1.29, 1.82) is 0 Å². The van der Waals surface area contributed by atoms with Crippen LogP contribution in [0.3, 0.4) is 0 Å². The van der Waals surface area contributed by atoms with E-state index in [2.05, 4.69) is 34.5 Å². The van der Waals surface area contributed by atoms with Gasteiger partial charge in [-0.2, -0.15) is 0 Å². The molecule has 1 aromatic rings. The van der Waals surface area contributed by atoms with E-state index in [1.807, 2.05) is 18.2 Å². The Bertz CT molecular complexity index is 762. The molecule has 0 amide bonds. The summed E-state index contributed by atoms with van der Waals surface area (Å²) in [6.07, 6.45) is 0. The molecule has 1 N–H and O–H groups in total. The summed E-state index contributed by atoms with van der Waals surface area (Å²) in [6.45, 7) is 6.02. The second-order valence-corrected chi connectivity index (χ2v) is 8.59. The third-order valence-electron chi connectivity index (χ3n) is 3.88. The number of fused-ring (bicyclic) bond motifs is 2. The van der Waals surface area contributed by atoms with Crippen LogP contribution < -0.4 is 5.32 Å². The van der Waals surface area contributed by atoms with Gasteiger partial charge in [0.1, 0.15) is 0 Å². The molecule has 25 heavy (non-hydrogen) atoms. The number of thioether (sulfide) groups is 2. The molecule has 0 aliphatic carbocycles. The van der Waals surface area contributed by atoms with E-state index >= 15 is 0 Å². The van der Waals surface area contributed by atoms with Crippen molar-refractivity contribution in [2.45, 2.75) is 25.9 Å². The Morgan fingerprint density at radius 1 is 1.36 bits per heavy atom. The maximum absolute atomic E-state index is 6.07. The van der Waals surface area contributed by atoms with Crippen LogP contribution in [0.2, 0.25) is 5.02 Å². The van der Waals surface area contributed by atoms with Crippen LogP contribution in [0.25, 0.3) is 0 Å². The van der Waals surface area contributed by atoms with Gasteiger partial charge in [0.2, 0.25) is 0 Å². The predicted octanol–water partition coefficient (Wildman–Crippen LogP) is 5.24. The standard InChI is InChI=1S/C16H17ClN4S2.2ClH/c1-16(2)9-21-12(8-23-15(21)20-16)7-22-14-18-6-10-3-4-11(17)5-13(10)19-14;;/h3-5,8H,6-7,9H2,1-2H3,(H,18,19);2*1H. The highest BCUT2D eigenvalue weighted by Crippen LogP contribution is 2.37. The molecule has 0 fully saturated rings. The largest absolute Gasteiger partial charge is 0.335 e. The number of nitrogens with zero attached hydrogens (tertiary/aromatic N) is 3. The number of hydrogen-bond acceptors (Lipinski definition) is 6. The zero-order valence-corrected chi connectivity index (χ0v) is 17.8. The van der Waals surface area contributed by atoms with Crippen molar-refractivity contribution >= 4 is 76.0 Å². The fraction of sp³-hybridized carbons (Fsp3) is 0.375. The second kappa shape index (κ2) is 8.01. The maximum atomic E-state index is 6.07. The number of anilines is 1. The van der Waals surface area contributed by atoms with E-state index in [-0.39, 0.29) is 30.4 Å². The summed E-state index contributed by atoms with van der Waals surface area (Å²) in [5.74, 6) is 0.893. The summed E-state index contributed by atoms with van der Waals surface area (Å²) in [5.41, 5.74) is 3.58. The van der Waals surface area contributed by atoms with E-state index in [1.54, 1.807) is 23.5 Å². The lowest BCUT2D eigenvalue weighted by molar-refractivity contribution is 0.436. The number of hydrogen-bond donors (Lipinski definition) is 1. The topological polar surface area (TPSA) is 40.0 Å². The predicted molar refractivity (Wildman–Crippen MR) is 117 cm³/mol. The van der Waals surface area contributed by atoms with Gasteiger partial charge >= 0.3 is 0 Å². The SMILES string of the molecule is CC1(C)CN2C(CSC3=NCc4ccc(Cl)cc4N3)=CSC2=N1.Cl.Cl. The second-order valence-electron chi connectivity index (χ2n) is 6.36. The van der Waals surface area contributed by atoms with Crippen LogP contribution in [0, 0.1) is 0 Å². The zero-order chi connectivity index (χ0) is 16.0. The molecule has 0 radical (unpaired) electrons. The molecule has 3 aliphatic heterocycles. The van der Waals surface area contributed by atoms with Gasteiger partial charge in [-0.15, -0.1) is 24.8 Å². The number of amidine groups is 2. The molecular formula is C16H19Cl3N4S2. The van der Waals surface area contributed by atoms with Gasteiger partial charge < -0.3 is 10.2 Å². The highest BCUT2D eigenvalue weighted by molar-refractivity contribution is 8.17. The van der Waals surface area contributed by atoms with Gasteiger partial charge in [0.15, 0.2) is 10.3 Å². The highest BCUT2D eigenvalue weighted by Gasteiger charge is 2.36. The first-order valence-electron chi connectivity index (χ1n) is 7.46. The van der Waals surface area contributed by atoms with Crippen molar-refractivity contribution in [3.8, 4) is 0 Å². The van der Waals surface area contributed by atoms with Crippen molar-refractivity contribution in [1.82, 2.24) is 4.90 Å². The van der Waals surface area contributed by atoms with E-state index in [0.29, 0.717) is 6.54 Å². The van der Waals surface area contributed by atoms with E-state index < -0.39 is 0 Å². The van der Waals surface area contributed by atoms with Gasteiger partial charge in [0.25, 0.3) is 0 Å². The van der Waals surface area contributed by atoms with Crippen LogP contribution in [0.5, 0.6) is 0 Å². The fourth-order valence-corrected chi connectivity index (χ4v) is 4.96. The molecular weight excluding hydrogens is 419 g/mol. The first-order chi connectivity index (χ1) is 11.0. The molecule has 1 aromatic carbocycles. The van der Waals surface area contributed by atoms with Gasteiger partial charge in [0.05, 0.1) is 12.1 Å². The lowest BCUT2D eigenvalue weighted by Gasteiger charge is -2.22. The molecule has 4 rings (SSSR count). The van der Waals surface area contributed by atoms with Gasteiger partial charge in [-0.1, -0.05) is 41.2 Å². The summed E-state index contributed by atoms with van der Waals surface area (Å²) in [6, 6.07) is 5.90. The number of benzene rings is 1. The molecule has 9 heteroatoms. The highest BCUT2D eigenvalue weighted by atomic mass is 35.5. The Labute approximate surface area is 173 Å². The average Bonchev–Trinajstić information content (AvgIpc) is 3.00. The Morgan fingerprint density at radius 3 is 2.96 bits per heavy atom. The number of halogens is 3. The number of rotatable bonds is 2. The summed E-state index contributed by atoms with van der Waals surface area (Å²) >= 11 is 9.53. The van der Waals surface area contributed by atoms with Crippen molar-refractivity contribution in [3.05, 3.63) is 39.9 Å². The lowest BCUT2D eigenvalue weighted by atomic mass is 10.1. The quantitative estimate of drug-likeness (QED) is 0.687. The minimum atomic E-state index is 0. The summed E-state index contributed by atoms with van der Waals surface area (Å²) < 4.78 is 0. The van der Waals surface area contributed by atoms with Crippen molar-refractivity contribution in [2.75, 3.05) is 17.6 Å². The smallest absolute Gasteiger partial charge is 0.168 e. The third-order valence-corrected chi connectivity index (χ3v) is 5.98. The van der Waals surface area contributed by atoms with Crippen LogP contribution in [0.15, 0.2) is 39.3 Å². The minimum absolute atomic E-state index is 0. The molecule has 0 bridgehead atoms. The van der Waals surface area contributed by atoms with E-state index in [0.717, 1.165) is 33.3 Å². The third kappa shape index (κ3) is 4.42. The number of aliphatic imine (C=N–C) groups is 2. The Balaban J connectivity index is 0.00000113. The summed E-state index contributed by atoms with van der Waals surface area (Å²) in [5, 5.41) is 8.41. The van der Waals surface area contributed by atoms with Crippen LogP contribution >= 0.6 is 59.9 Å². The first-order valence-corrected chi connectivity index (χ1v) is 9.70. The first kappa shape index (κ1) is 20.8. The average molecular weight is 438 g/mol. The maximum Gasteiger partial charge on any atom is 0.168 e. The van der Waals surface area contributed by atoms with Crippen LogP contribution in [-0.4, -0.2) is 33.1 Å². The van der Waals surface area contributed by atoms with Gasteiger partial charge in [-0.3, -0.25) is 9.98 Å². The van der Waals surface area contributed by atoms with Crippen molar-refractivity contribution in [3.63, 3.8) is 0 Å². The van der Waals surface area contributed by atoms with Gasteiger partial charge in [0, 0.05) is 28.7 Å². The van der Waals surface area contributed by atoms with E-state index in [1.165, 1.54) is 11.3 Å². The van der Waals surface area contributed by atoms with Crippen molar-refractivity contribution < 1.29 is 0 Å². The van der Waals surface area contributed by atoms with Crippen molar-refractivity contribution in [2.24, 2.45) is 9.98 Å². The molecule has 0 saturated heterocycles. The van der Waals surface area contributed by atoms with E-state index in [9.17, 15) is 0 Å². The van der Waals surface area contributed by atoms with Gasteiger partial charge in [-0.25, -0.2) is 0 Å². The Kier molecular flexibility index (Phi) is 6.65. The summed E-state index contributed by atoms with van der Waals surface area (Å²) in [7, 11) is 0. The molecule has 4 nitrogen and oxygen atoms in total. The van der Waals surface area contributed by atoms with Gasteiger partial charge in [-0.05, 0) is 37.0 Å². The van der Waals surface area contributed by atoms with E-state index in [4.69, 9.17) is 16.6 Å². The molecule has 0 saturated carbocycles. The molecule has 0 aromatic heterocycles. The molecule has 3 aliphatic rings. The van der Waals surface area contributed by atoms with Crippen LogP contribution in [-0.2, 0) is 6.54 Å². The molecule has 3 heterocycles. The van der Waals surface area contributed by atoms with Crippen LogP contribution in [0.4, 0.5) is 5.69 Å². The minimum Gasteiger partial charge on any atom is -0.335 e. The molecule has 0 unspecified atom stereocenters. The zero-order valence-electron chi connectivity index (χ0n) is 13.8. The molecule has 136 valence electrons. The Hall–Kier alpha value is -0.530. The lowest BCUT2D eigenvalue weighted by Crippen LogP contribution is -2.30. The number of nitrogens with one attached hydrogen (secondary N) is 1. The normalized spacial score (nSPS) is 19.5. The Morgan fingerprint density at radius 2 is 2.16 bits per heavy atom. The van der Waals surface area contributed by atoms with Crippen LogP contribution in [0.1, 0.15) is 19.4 Å². The monoisotopic (exact) mass is 436 g/mol. The fourth-order valence-electron chi connectivity index (χ4n) is 2.76. The summed E-state index contributed by atoms with van der Waals surface area (Å²) in [4.78, 5) is 11.7.